The maximum Gasteiger partial charge on any atom is 0.306 e. The molecule has 1 unspecified atom stereocenters. The van der Waals surface area contributed by atoms with Gasteiger partial charge in [0.15, 0.2) is 17.3 Å². The molecule has 4 bridgehead atoms. The number of nitrogens with zero attached hydrogens (tertiary/aromatic N) is 1. The van der Waals surface area contributed by atoms with Gasteiger partial charge in [-0.15, -0.1) is 0 Å². The quantitative estimate of drug-likeness (QED) is 0.465. The molecule has 0 amide bonds. The van der Waals surface area contributed by atoms with Crippen LogP contribution in [-0.4, -0.2) is 70.3 Å². The molecule has 0 aromatic carbocycles. The molecular formula is C30H39NO7. The lowest BCUT2D eigenvalue weighted by Crippen LogP contribution is -2.73. The first-order chi connectivity index (χ1) is 17.9. The lowest BCUT2D eigenvalue weighted by molar-refractivity contribution is -0.300. The molecule has 206 valence electrons. The summed E-state index contributed by atoms with van der Waals surface area (Å²) in [6, 6.07) is 0. The van der Waals surface area contributed by atoms with Crippen LogP contribution < -0.4 is 0 Å². The number of ether oxygens (including phenoxy) is 3. The van der Waals surface area contributed by atoms with Crippen molar-refractivity contribution < 1.29 is 34.0 Å². The summed E-state index contributed by atoms with van der Waals surface area (Å²) in [5, 5.41) is 24.3. The Hall–Kier alpha value is -1.74. The van der Waals surface area contributed by atoms with Crippen molar-refractivity contribution in [1.82, 2.24) is 4.90 Å². The average molecular weight is 526 g/mol. The highest BCUT2D eigenvalue weighted by molar-refractivity contribution is 5.94. The predicted molar refractivity (Wildman–Crippen MR) is 134 cm³/mol. The minimum Gasteiger partial charge on any atom is -0.465 e. The standard InChI is InChI=1S/C30H39NO7/c1-15-6-19-24(20(32)7-15)17(3)30(35)25-27(19,13-37-30)9-21-26(4,28(25)11-23(34)36-14-28)10-22(33)29-8-16(2)5-18(38-29)12-31(21)29/h7,9,16-19,22,24-25,33,35H,5-6,8,10-14H2,1-4H3/t16-,17+,18+,19+,22-,24-,25?,26+,27+,28+,29+,30-/m0/s1. The highest BCUT2D eigenvalue weighted by Crippen LogP contribution is 2.78. The van der Waals surface area contributed by atoms with Gasteiger partial charge in [-0.25, -0.2) is 0 Å². The van der Waals surface area contributed by atoms with Crippen LogP contribution in [0.2, 0.25) is 0 Å². The Morgan fingerprint density at radius 2 is 1.95 bits per heavy atom. The minimum absolute atomic E-state index is 0.0432. The number of ketones is 1. The Bertz CT molecular complexity index is 1230. The second-order valence-corrected chi connectivity index (χ2v) is 14.4. The number of hydrogen-bond acceptors (Lipinski definition) is 8. The Balaban J connectivity index is 1.41. The number of esters is 1. The van der Waals surface area contributed by atoms with E-state index in [9.17, 15) is 19.8 Å². The van der Waals surface area contributed by atoms with E-state index in [4.69, 9.17) is 14.2 Å². The molecule has 2 N–H and O–H groups in total. The molecule has 0 aromatic rings. The average Bonchev–Trinajstić information content (AvgIpc) is 3.45. The number of allylic oxidation sites excluding steroid dienone is 3. The Morgan fingerprint density at radius 3 is 2.68 bits per heavy atom. The molecule has 3 aliphatic carbocycles. The van der Waals surface area contributed by atoms with E-state index < -0.39 is 45.7 Å². The molecule has 0 aromatic heterocycles. The SMILES string of the molecule is CC1=CC(=O)[C@@H]2[C@@H](C1)[C@]13C=C4N5C[C@H]6C[C@H](C)C[C@@]5(O6)[C@@H](O)C[C@@]4(C)[C@]4(COC(=O)C4)C1[C@@](O)(OC3)[C@@H]2C. The Labute approximate surface area is 223 Å². The summed E-state index contributed by atoms with van der Waals surface area (Å²) >= 11 is 0. The number of hydrogen-bond donors (Lipinski definition) is 2. The number of aliphatic hydroxyl groups excluding tert-OH is 1. The number of carbonyl (C=O) groups is 2. The molecule has 5 heterocycles. The van der Waals surface area contributed by atoms with E-state index >= 15 is 0 Å². The molecule has 8 aliphatic rings. The van der Waals surface area contributed by atoms with Crippen molar-refractivity contribution in [3.8, 4) is 0 Å². The van der Waals surface area contributed by atoms with E-state index in [1.807, 2.05) is 13.8 Å². The normalized spacial score (nSPS) is 58.1. The third kappa shape index (κ3) is 2.42. The molecule has 2 spiro atoms. The number of fused-ring (bicyclic) bond motifs is 5. The smallest absolute Gasteiger partial charge is 0.306 e. The summed E-state index contributed by atoms with van der Waals surface area (Å²) in [7, 11) is 0. The maximum atomic E-state index is 13.5. The summed E-state index contributed by atoms with van der Waals surface area (Å²) in [6.45, 7) is 9.53. The van der Waals surface area contributed by atoms with Crippen molar-refractivity contribution in [2.24, 2.45) is 45.8 Å². The zero-order chi connectivity index (χ0) is 26.6. The first-order valence-electron chi connectivity index (χ1n) is 14.5. The van der Waals surface area contributed by atoms with Crippen LogP contribution in [0.3, 0.4) is 0 Å². The molecule has 38 heavy (non-hydrogen) atoms. The Morgan fingerprint density at radius 1 is 1.16 bits per heavy atom. The van der Waals surface area contributed by atoms with E-state index in [2.05, 4.69) is 24.8 Å². The predicted octanol–water partition coefficient (Wildman–Crippen LogP) is 2.54. The number of carbonyl (C=O) groups excluding carboxylic acids is 2. The molecule has 5 aliphatic heterocycles. The summed E-state index contributed by atoms with van der Waals surface area (Å²) in [6.07, 6.45) is 6.45. The van der Waals surface area contributed by atoms with Gasteiger partial charge >= 0.3 is 5.97 Å². The van der Waals surface area contributed by atoms with Crippen molar-refractivity contribution >= 4 is 11.8 Å². The summed E-state index contributed by atoms with van der Waals surface area (Å²) < 4.78 is 18.9. The van der Waals surface area contributed by atoms with Crippen molar-refractivity contribution in [3.63, 3.8) is 0 Å². The summed E-state index contributed by atoms with van der Waals surface area (Å²) in [5.41, 5.74) is -0.683. The number of rotatable bonds is 0. The van der Waals surface area contributed by atoms with E-state index in [1.165, 1.54) is 0 Å². The van der Waals surface area contributed by atoms with E-state index in [0.29, 0.717) is 25.5 Å². The highest BCUT2D eigenvalue weighted by Gasteiger charge is 2.82. The van der Waals surface area contributed by atoms with Gasteiger partial charge < -0.3 is 29.3 Å². The first-order valence-corrected chi connectivity index (χ1v) is 14.5. The van der Waals surface area contributed by atoms with Crippen LogP contribution in [0.15, 0.2) is 23.4 Å². The van der Waals surface area contributed by atoms with E-state index in [-0.39, 0.29) is 42.7 Å². The summed E-state index contributed by atoms with van der Waals surface area (Å²) in [5.74, 6) is -2.59. The van der Waals surface area contributed by atoms with Crippen LogP contribution in [0.1, 0.15) is 59.8 Å². The van der Waals surface area contributed by atoms with Gasteiger partial charge in [0.2, 0.25) is 0 Å². The number of cyclic esters (lactones) is 1. The largest absolute Gasteiger partial charge is 0.465 e. The fraction of sp³-hybridized carbons (Fsp3) is 0.800. The van der Waals surface area contributed by atoms with Gasteiger partial charge in [0.05, 0.1) is 25.7 Å². The van der Waals surface area contributed by atoms with E-state index in [1.54, 1.807) is 6.08 Å². The molecule has 5 saturated heterocycles. The highest BCUT2D eigenvalue weighted by atomic mass is 16.6. The molecule has 8 nitrogen and oxygen atoms in total. The van der Waals surface area contributed by atoms with Gasteiger partial charge in [0.25, 0.3) is 0 Å². The summed E-state index contributed by atoms with van der Waals surface area (Å²) in [4.78, 5) is 28.8. The molecule has 8 heteroatoms. The van der Waals surface area contributed by atoms with Gasteiger partial charge in [0.1, 0.15) is 6.10 Å². The molecular weight excluding hydrogens is 486 g/mol. The lowest BCUT2D eigenvalue weighted by atomic mass is 9.37. The topological polar surface area (TPSA) is 106 Å². The fourth-order valence-electron chi connectivity index (χ4n) is 11.2. The molecule has 12 atom stereocenters. The number of aliphatic hydroxyl groups is 2. The Kier molecular flexibility index (Phi) is 4.40. The van der Waals surface area contributed by atoms with Gasteiger partial charge in [-0.05, 0) is 44.1 Å². The molecule has 0 radical (unpaired) electrons. The second kappa shape index (κ2) is 6.93. The van der Waals surface area contributed by atoms with Crippen molar-refractivity contribution in [1.29, 1.82) is 0 Å². The lowest BCUT2D eigenvalue weighted by Gasteiger charge is -2.69. The maximum absolute atomic E-state index is 13.5. The van der Waals surface area contributed by atoms with Crippen LogP contribution >= 0.6 is 0 Å². The van der Waals surface area contributed by atoms with Gasteiger partial charge in [-0.2, -0.15) is 0 Å². The fourth-order valence-corrected chi connectivity index (χ4v) is 11.2. The zero-order valence-electron chi connectivity index (χ0n) is 22.7. The van der Waals surface area contributed by atoms with Gasteiger partial charge in [-0.3, -0.25) is 9.59 Å². The van der Waals surface area contributed by atoms with Crippen LogP contribution in [-0.2, 0) is 23.8 Å². The molecule has 6 fully saturated rings. The van der Waals surface area contributed by atoms with Crippen LogP contribution in [0.25, 0.3) is 0 Å². The van der Waals surface area contributed by atoms with Crippen molar-refractivity contribution in [2.45, 2.75) is 83.5 Å². The van der Waals surface area contributed by atoms with E-state index in [0.717, 1.165) is 30.5 Å². The number of piperidine rings is 1. The minimum atomic E-state index is -1.57. The van der Waals surface area contributed by atoms with Crippen LogP contribution in [0, 0.1) is 45.8 Å². The van der Waals surface area contributed by atoms with Gasteiger partial charge in [0, 0.05) is 52.7 Å². The monoisotopic (exact) mass is 525 g/mol. The van der Waals surface area contributed by atoms with Crippen molar-refractivity contribution in [2.75, 3.05) is 19.8 Å². The third-order valence-electron chi connectivity index (χ3n) is 12.6. The van der Waals surface area contributed by atoms with Crippen LogP contribution in [0.5, 0.6) is 0 Å². The molecule has 1 saturated carbocycles. The third-order valence-corrected chi connectivity index (χ3v) is 12.6. The van der Waals surface area contributed by atoms with Gasteiger partial charge in [-0.1, -0.05) is 32.4 Å². The second-order valence-electron chi connectivity index (χ2n) is 14.4. The first kappa shape index (κ1) is 24.1. The van der Waals surface area contributed by atoms with Crippen molar-refractivity contribution in [3.05, 3.63) is 23.4 Å². The van der Waals surface area contributed by atoms with Crippen LogP contribution in [0.4, 0.5) is 0 Å². The molecule has 8 rings (SSSR count). The zero-order valence-corrected chi connectivity index (χ0v) is 22.7.